The number of hydrogen-bond donors (Lipinski definition) is 1. The molecule has 1 aromatic carbocycles. The van der Waals surface area contributed by atoms with Crippen molar-refractivity contribution in [1.29, 1.82) is 5.26 Å². The summed E-state index contributed by atoms with van der Waals surface area (Å²) in [4.78, 5) is 40.9. The van der Waals surface area contributed by atoms with E-state index in [2.05, 4.69) is 0 Å². The van der Waals surface area contributed by atoms with Gasteiger partial charge in [-0.1, -0.05) is 32.0 Å². The quantitative estimate of drug-likeness (QED) is 0.742. The van der Waals surface area contributed by atoms with Crippen LogP contribution in [-0.4, -0.2) is 30.8 Å². The number of anilines is 1. The average Bonchev–Trinajstić information content (AvgIpc) is 2.91. The zero-order chi connectivity index (χ0) is 22.6. The molecule has 2 N–H and O–H groups in total. The lowest BCUT2D eigenvalue weighted by Crippen LogP contribution is -2.51. The SMILES string of the molecule is CCOC(=O)CN1C(=O)C2(C(C#N)=C(N)OC3=C2C(=O)CC(C)(C)C3)c2ccccc21. The lowest BCUT2D eigenvalue weighted by atomic mass is 9.62. The summed E-state index contributed by atoms with van der Waals surface area (Å²) in [6, 6.07) is 8.82. The standard InChI is InChI=1S/C23H23N3O5/c1-4-30-18(28)12-26-15-8-6-5-7-13(15)23(21(26)29)14(11-24)20(25)31-17-10-22(2,3)9-16(27)19(17)23/h5-8H,4,9-10,12,25H2,1-3H3. The van der Waals surface area contributed by atoms with E-state index in [9.17, 15) is 19.6 Å². The maximum absolute atomic E-state index is 14.0. The first kappa shape index (κ1) is 20.7. The van der Waals surface area contributed by atoms with Crippen molar-refractivity contribution in [2.75, 3.05) is 18.1 Å². The highest BCUT2D eigenvalue weighted by Gasteiger charge is 2.63. The number of nitriles is 1. The van der Waals surface area contributed by atoms with Crippen LogP contribution in [0.4, 0.5) is 5.69 Å². The molecule has 8 nitrogen and oxygen atoms in total. The molecule has 1 atom stereocenters. The third kappa shape index (κ3) is 2.84. The van der Waals surface area contributed by atoms with Gasteiger partial charge in [0.25, 0.3) is 0 Å². The molecular weight excluding hydrogens is 398 g/mol. The summed E-state index contributed by atoms with van der Waals surface area (Å²) in [7, 11) is 0. The number of carbonyl (C=O) groups excluding carboxylic acids is 3. The summed E-state index contributed by atoms with van der Waals surface area (Å²) >= 11 is 0. The Hall–Kier alpha value is -3.60. The molecule has 3 aliphatic rings. The topological polar surface area (TPSA) is 123 Å². The largest absolute Gasteiger partial charge is 0.465 e. The number of nitrogens with two attached hydrogens (primary N) is 1. The molecule has 8 heteroatoms. The predicted octanol–water partition coefficient (Wildman–Crippen LogP) is 2.20. The fourth-order valence-electron chi connectivity index (χ4n) is 4.83. The summed E-state index contributed by atoms with van der Waals surface area (Å²) in [5, 5.41) is 10.00. The maximum atomic E-state index is 14.0. The zero-order valence-corrected chi connectivity index (χ0v) is 17.7. The van der Waals surface area contributed by atoms with Gasteiger partial charge in [0.05, 0.1) is 12.2 Å². The molecule has 0 fully saturated rings. The van der Waals surface area contributed by atoms with Crippen LogP contribution < -0.4 is 10.6 Å². The molecule has 31 heavy (non-hydrogen) atoms. The molecular formula is C23H23N3O5. The van der Waals surface area contributed by atoms with E-state index >= 15 is 0 Å². The van der Waals surface area contributed by atoms with Gasteiger partial charge in [0, 0.05) is 24.1 Å². The maximum Gasteiger partial charge on any atom is 0.326 e. The van der Waals surface area contributed by atoms with E-state index in [1.807, 2.05) is 19.9 Å². The number of hydrogen-bond acceptors (Lipinski definition) is 7. The van der Waals surface area contributed by atoms with Crippen LogP contribution in [0.1, 0.15) is 39.2 Å². The first-order valence-corrected chi connectivity index (χ1v) is 10.1. The van der Waals surface area contributed by atoms with E-state index in [-0.39, 0.29) is 47.8 Å². The molecule has 1 amide bonds. The summed E-state index contributed by atoms with van der Waals surface area (Å²) in [6.07, 6.45) is 0.589. The molecule has 0 saturated carbocycles. The predicted molar refractivity (Wildman–Crippen MR) is 110 cm³/mol. The number of benzene rings is 1. The number of allylic oxidation sites excluding steroid dienone is 1. The number of fused-ring (bicyclic) bond motifs is 3. The minimum atomic E-state index is -1.73. The third-order valence-electron chi connectivity index (χ3n) is 5.93. The van der Waals surface area contributed by atoms with E-state index in [0.717, 1.165) is 0 Å². The number of amides is 1. The highest BCUT2D eigenvalue weighted by atomic mass is 16.5. The first-order chi connectivity index (χ1) is 14.7. The van der Waals surface area contributed by atoms with Crippen molar-refractivity contribution in [3.63, 3.8) is 0 Å². The summed E-state index contributed by atoms with van der Waals surface area (Å²) < 4.78 is 10.8. The van der Waals surface area contributed by atoms with Gasteiger partial charge >= 0.3 is 5.97 Å². The molecule has 1 aromatic rings. The van der Waals surface area contributed by atoms with E-state index in [0.29, 0.717) is 23.4 Å². The van der Waals surface area contributed by atoms with Gasteiger partial charge in [0.1, 0.15) is 29.4 Å². The van der Waals surface area contributed by atoms with Gasteiger partial charge in [0.2, 0.25) is 11.8 Å². The Balaban J connectivity index is 2.00. The third-order valence-corrected chi connectivity index (χ3v) is 5.93. The number of nitrogens with zero attached hydrogens (tertiary/aromatic N) is 2. The molecule has 1 unspecified atom stereocenters. The lowest BCUT2D eigenvalue weighted by Gasteiger charge is -2.41. The molecule has 1 spiro atoms. The zero-order valence-electron chi connectivity index (χ0n) is 17.7. The first-order valence-electron chi connectivity index (χ1n) is 10.1. The van der Waals surface area contributed by atoms with E-state index in [4.69, 9.17) is 15.2 Å². The van der Waals surface area contributed by atoms with Crippen molar-refractivity contribution in [1.82, 2.24) is 0 Å². The highest BCUT2D eigenvalue weighted by Crippen LogP contribution is 2.57. The Morgan fingerprint density at radius 1 is 1.29 bits per heavy atom. The fraction of sp³-hybridized carbons (Fsp3) is 0.391. The van der Waals surface area contributed by atoms with Crippen LogP contribution in [0.2, 0.25) is 0 Å². The van der Waals surface area contributed by atoms with Gasteiger partial charge in [-0.15, -0.1) is 0 Å². The Kier molecular flexibility index (Phi) is 4.65. The van der Waals surface area contributed by atoms with Crippen LogP contribution in [0.15, 0.2) is 47.1 Å². The van der Waals surface area contributed by atoms with Crippen LogP contribution >= 0.6 is 0 Å². The number of esters is 1. The minimum absolute atomic E-state index is 0.136. The molecule has 4 rings (SSSR count). The van der Waals surface area contributed by atoms with Crippen LogP contribution in [0, 0.1) is 16.7 Å². The number of ketones is 1. The number of ether oxygens (including phenoxy) is 2. The number of Topliss-reactive ketones (excluding diaryl/α,β-unsaturated/α-hetero) is 1. The van der Waals surface area contributed by atoms with Crippen molar-refractivity contribution in [2.45, 2.75) is 39.0 Å². The molecule has 0 saturated heterocycles. The molecule has 160 valence electrons. The summed E-state index contributed by atoms with van der Waals surface area (Å²) in [5.41, 5.74) is 4.89. The van der Waals surface area contributed by atoms with Gasteiger partial charge in [-0.3, -0.25) is 19.3 Å². The Bertz CT molecular complexity index is 1120. The van der Waals surface area contributed by atoms with Gasteiger partial charge in [-0.2, -0.15) is 5.26 Å². The molecule has 2 heterocycles. The second-order valence-corrected chi connectivity index (χ2v) is 8.66. The van der Waals surface area contributed by atoms with Gasteiger partial charge in [-0.25, -0.2) is 0 Å². The second-order valence-electron chi connectivity index (χ2n) is 8.66. The van der Waals surface area contributed by atoms with Gasteiger partial charge in [0.15, 0.2) is 5.78 Å². The lowest BCUT2D eigenvalue weighted by molar-refractivity contribution is -0.142. The molecule has 0 radical (unpaired) electrons. The van der Waals surface area contributed by atoms with E-state index < -0.39 is 17.3 Å². The van der Waals surface area contributed by atoms with E-state index in [1.165, 1.54) is 4.90 Å². The monoisotopic (exact) mass is 421 g/mol. The number of para-hydroxylation sites is 1. The normalized spacial score (nSPS) is 24.0. The smallest absolute Gasteiger partial charge is 0.326 e. The van der Waals surface area contributed by atoms with Crippen molar-refractivity contribution < 1.29 is 23.9 Å². The van der Waals surface area contributed by atoms with Crippen molar-refractivity contribution in [3.05, 3.63) is 52.6 Å². The molecule has 0 bridgehead atoms. The van der Waals surface area contributed by atoms with Crippen LogP contribution in [0.3, 0.4) is 0 Å². The van der Waals surface area contributed by atoms with Crippen LogP contribution in [-0.2, 0) is 29.3 Å². The van der Waals surface area contributed by atoms with Crippen molar-refractivity contribution >= 4 is 23.3 Å². The van der Waals surface area contributed by atoms with Crippen LogP contribution in [0.25, 0.3) is 0 Å². The minimum Gasteiger partial charge on any atom is -0.465 e. The van der Waals surface area contributed by atoms with Crippen molar-refractivity contribution in [2.24, 2.45) is 11.1 Å². The Morgan fingerprint density at radius 3 is 2.68 bits per heavy atom. The summed E-state index contributed by atoms with van der Waals surface area (Å²) in [5.74, 6) is -1.33. The molecule has 0 aromatic heterocycles. The number of carbonyl (C=O) groups is 3. The second kappa shape index (κ2) is 6.98. The Morgan fingerprint density at radius 2 is 2.00 bits per heavy atom. The highest BCUT2D eigenvalue weighted by molar-refractivity contribution is 6.21. The molecule has 1 aliphatic carbocycles. The number of rotatable bonds is 3. The van der Waals surface area contributed by atoms with Gasteiger partial charge in [-0.05, 0) is 18.4 Å². The van der Waals surface area contributed by atoms with E-state index in [1.54, 1.807) is 31.2 Å². The average molecular weight is 421 g/mol. The summed E-state index contributed by atoms with van der Waals surface area (Å²) in [6.45, 7) is 5.37. The molecule has 2 aliphatic heterocycles. The van der Waals surface area contributed by atoms with Gasteiger partial charge < -0.3 is 15.2 Å². The van der Waals surface area contributed by atoms with Crippen molar-refractivity contribution in [3.8, 4) is 6.07 Å². The van der Waals surface area contributed by atoms with Crippen LogP contribution in [0.5, 0.6) is 0 Å². The Labute approximate surface area is 179 Å². The fourth-order valence-corrected chi connectivity index (χ4v) is 4.83.